The van der Waals surface area contributed by atoms with Gasteiger partial charge in [-0.25, -0.2) is 10.2 Å². The van der Waals surface area contributed by atoms with Crippen molar-refractivity contribution in [2.45, 2.75) is 13.3 Å². The van der Waals surface area contributed by atoms with E-state index in [4.69, 9.17) is 9.47 Å². The lowest BCUT2D eigenvalue weighted by atomic mass is 10.1. The average Bonchev–Trinajstić information content (AvgIpc) is 2.81. The van der Waals surface area contributed by atoms with Crippen molar-refractivity contribution < 1.29 is 19.1 Å². The van der Waals surface area contributed by atoms with Crippen molar-refractivity contribution in [1.82, 2.24) is 5.43 Å². The van der Waals surface area contributed by atoms with Crippen molar-refractivity contribution >= 4 is 34.0 Å². The molecule has 0 radical (unpaired) electrons. The van der Waals surface area contributed by atoms with Gasteiger partial charge in [-0.2, -0.15) is 5.10 Å². The van der Waals surface area contributed by atoms with Crippen LogP contribution in [0.4, 0.5) is 0 Å². The minimum absolute atomic E-state index is 0.195. The second kappa shape index (κ2) is 11.8. The van der Waals surface area contributed by atoms with Crippen molar-refractivity contribution in [2.75, 3.05) is 6.61 Å². The standard InChI is InChI=1S/C26H23BrN2O4/c1-3-6-19-7-4-5-8-23(19)32-17-25(30)29-28-16-21-15-22(27)13-14-24(21)33-26(31)20-11-9-18(2)10-12-20/h3-5,7-16H,1,6,17H2,2H3,(H,29,30)/b28-16-. The molecule has 0 bridgehead atoms. The van der Waals surface area contributed by atoms with E-state index in [0.29, 0.717) is 29.0 Å². The van der Waals surface area contributed by atoms with Gasteiger partial charge in [-0.05, 0) is 55.3 Å². The predicted molar refractivity (Wildman–Crippen MR) is 132 cm³/mol. The first kappa shape index (κ1) is 23.9. The number of esters is 1. The Balaban J connectivity index is 1.62. The van der Waals surface area contributed by atoms with Gasteiger partial charge in [0.15, 0.2) is 6.61 Å². The minimum atomic E-state index is -0.484. The molecular weight excluding hydrogens is 484 g/mol. The van der Waals surface area contributed by atoms with Gasteiger partial charge in [0.1, 0.15) is 11.5 Å². The van der Waals surface area contributed by atoms with Gasteiger partial charge in [0, 0.05) is 10.0 Å². The quantitative estimate of drug-likeness (QED) is 0.141. The number of carbonyl (C=O) groups is 2. The van der Waals surface area contributed by atoms with Gasteiger partial charge < -0.3 is 9.47 Å². The number of rotatable bonds is 9. The molecule has 0 heterocycles. The molecular formula is C26H23BrN2O4. The van der Waals surface area contributed by atoms with E-state index < -0.39 is 11.9 Å². The summed E-state index contributed by atoms with van der Waals surface area (Å²) in [6.45, 7) is 5.47. The summed E-state index contributed by atoms with van der Waals surface area (Å²) < 4.78 is 11.9. The molecule has 1 N–H and O–H groups in total. The van der Waals surface area contributed by atoms with E-state index in [1.54, 1.807) is 42.5 Å². The fourth-order valence-electron chi connectivity index (χ4n) is 2.88. The van der Waals surface area contributed by atoms with E-state index in [0.717, 1.165) is 15.6 Å². The Labute approximate surface area is 201 Å². The summed E-state index contributed by atoms with van der Waals surface area (Å²) in [5.41, 5.74) is 5.37. The van der Waals surface area contributed by atoms with Crippen LogP contribution in [0.5, 0.6) is 11.5 Å². The topological polar surface area (TPSA) is 77.0 Å². The maximum atomic E-state index is 12.5. The molecule has 3 aromatic carbocycles. The second-order valence-corrected chi connectivity index (χ2v) is 8.04. The molecule has 0 atom stereocenters. The van der Waals surface area contributed by atoms with E-state index in [2.05, 4.69) is 33.0 Å². The van der Waals surface area contributed by atoms with Gasteiger partial charge in [-0.15, -0.1) is 6.58 Å². The normalized spacial score (nSPS) is 10.6. The van der Waals surface area contributed by atoms with Crippen LogP contribution in [-0.2, 0) is 11.2 Å². The third kappa shape index (κ3) is 7.15. The Morgan fingerprint density at radius 2 is 1.82 bits per heavy atom. The zero-order valence-electron chi connectivity index (χ0n) is 18.1. The molecule has 7 heteroatoms. The van der Waals surface area contributed by atoms with Gasteiger partial charge in [0.05, 0.1) is 11.8 Å². The Bertz CT molecular complexity index is 1170. The number of para-hydroxylation sites is 1. The average molecular weight is 507 g/mol. The summed E-state index contributed by atoms with van der Waals surface area (Å²) in [6.07, 6.45) is 3.82. The predicted octanol–water partition coefficient (Wildman–Crippen LogP) is 5.23. The zero-order valence-corrected chi connectivity index (χ0v) is 19.7. The van der Waals surface area contributed by atoms with Crippen LogP contribution < -0.4 is 14.9 Å². The SMILES string of the molecule is C=CCc1ccccc1OCC(=O)N/N=C\c1cc(Br)ccc1OC(=O)c1ccc(C)cc1. The van der Waals surface area contributed by atoms with Crippen molar-refractivity contribution in [3.63, 3.8) is 0 Å². The van der Waals surface area contributed by atoms with Crippen molar-refractivity contribution in [3.8, 4) is 11.5 Å². The van der Waals surface area contributed by atoms with Crippen molar-refractivity contribution in [1.29, 1.82) is 0 Å². The van der Waals surface area contributed by atoms with E-state index in [-0.39, 0.29) is 6.61 Å². The number of hydrogen-bond acceptors (Lipinski definition) is 5. The Morgan fingerprint density at radius 3 is 2.58 bits per heavy atom. The number of nitrogens with zero attached hydrogens (tertiary/aromatic N) is 1. The number of allylic oxidation sites excluding steroid dienone is 1. The summed E-state index contributed by atoms with van der Waals surface area (Å²) in [7, 11) is 0. The number of carbonyl (C=O) groups excluding carboxylic acids is 2. The molecule has 0 aliphatic rings. The number of amides is 1. The zero-order chi connectivity index (χ0) is 23.6. The van der Waals surface area contributed by atoms with Crippen LogP contribution >= 0.6 is 15.9 Å². The Hall–Kier alpha value is -3.71. The summed E-state index contributed by atoms with van der Waals surface area (Å²) in [6, 6.07) is 19.7. The third-order valence-electron chi connectivity index (χ3n) is 4.55. The van der Waals surface area contributed by atoms with Gasteiger partial charge in [-0.3, -0.25) is 4.79 Å². The molecule has 0 spiro atoms. The number of hydrogen-bond donors (Lipinski definition) is 1. The first-order valence-electron chi connectivity index (χ1n) is 10.2. The van der Waals surface area contributed by atoms with Gasteiger partial charge in [0.2, 0.25) is 0 Å². The number of halogens is 1. The lowest BCUT2D eigenvalue weighted by molar-refractivity contribution is -0.123. The smallest absolute Gasteiger partial charge is 0.343 e. The highest BCUT2D eigenvalue weighted by Gasteiger charge is 2.12. The summed E-state index contributed by atoms with van der Waals surface area (Å²) in [4.78, 5) is 24.6. The molecule has 0 aromatic heterocycles. The number of hydrazone groups is 1. The summed E-state index contributed by atoms with van der Waals surface area (Å²) >= 11 is 3.39. The highest BCUT2D eigenvalue weighted by atomic mass is 79.9. The van der Waals surface area contributed by atoms with Crippen LogP contribution in [-0.4, -0.2) is 24.7 Å². The highest BCUT2D eigenvalue weighted by Crippen LogP contribution is 2.23. The lowest BCUT2D eigenvalue weighted by Crippen LogP contribution is -2.24. The molecule has 33 heavy (non-hydrogen) atoms. The first-order chi connectivity index (χ1) is 16.0. The summed E-state index contributed by atoms with van der Waals surface area (Å²) in [5.74, 6) is 0.0284. The summed E-state index contributed by atoms with van der Waals surface area (Å²) in [5, 5.41) is 3.97. The molecule has 3 rings (SSSR count). The lowest BCUT2D eigenvalue weighted by Gasteiger charge is -2.10. The van der Waals surface area contributed by atoms with Gasteiger partial charge >= 0.3 is 5.97 Å². The van der Waals surface area contributed by atoms with Crippen LogP contribution in [0.1, 0.15) is 27.0 Å². The number of ether oxygens (including phenoxy) is 2. The maximum Gasteiger partial charge on any atom is 0.343 e. The number of nitrogens with one attached hydrogen (secondary N) is 1. The first-order valence-corrected chi connectivity index (χ1v) is 11.0. The largest absolute Gasteiger partial charge is 0.483 e. The van der Waals surface area contributed by atoms with Crippen LogP contribution in [0.15, 0.2) is 89.0 Å². The molecule has 0 aliphatic carbocycles. The highest BCUT2D eigenvalue weighted by molar-refractivity contribution is 9.10. The molecule has 1 amide bonds. The van der Waals surface area contributed by atoms with Crippen molar-refractivity contribution in [2.24, 2.45) is 5.10 Å². The second-order valence-electron chi connectivity index (χ2n) is 7.12. The fourth-order valence-corrected chi connectivity index (χ4v) is 3.26. The fraction of sp³-hybridized carbons (Fsp3) is 0.115. The maximum absolute atomic E-state index is 12.5. The van der Waals surface area contributed by atoms with E-state index >= 15 is 0 Å². The molecule has 3 aromatic rings. The number of benzene rings is 3. The van der Waals surface area contributed by atoms with Crippen LogP contribution in [0.25, 0.3) is 0 Å². The van der Waals surface area contributed by atoms with Crippen LogP contribution in [0, 0.1) is 6.92 Å². The molecule has 0 aliphatic heterocycles. The third-order valence-corrected chi connectivity index (χ3v) is 5.04. The molecule has 0 saturated heterocycles. The minimum Gasteiger partial charge on any atom is -0.483 e. The Kier molecular flexibility index (Phi) is 8.55. The van der Waals surface area contributed by atoms with E-state index in [9.17, 15) is 9.59 Å². The van der Waals surface area contributed by atoms with Crippen molar-refractivity contribution in [3.05, 3.63) is 106 Å². The van der Waals surface area contributed by atoms with E-state index in [1.165, 1.54) is 6.21 Å². The van der Waals surface area contributed by atoms with Crippen LogP contribution in [0.2, 0.25) is 0 Å². The molecule has 0 fully saturated rings. The van der Waals surface area contributed by atoms with Gasteiger partial charge in [-0.1, -0.05) is 57.9 Å². The van der Waals surface area contributed by atoms with Gasteiger partial charge in [0.25, 0.3) is 5.91 Å². The molecule has 6 nitrogen and oxygen atoms in total. The Morgan fingerprint density at radius 1 is 1.06 bits per heavy atom. The molecule has 0 saturated carbocycles. The molecule has 168 valence electrons. The monoisotopic (exact) mass is 506 g/mol. The van der Waals surface area contributed by atoms with E-state index in [1.807, 2.05) is 37.3 Å². The molecule has 0 unspecified atom stereocenters. The number of aryl methyl sites for hydroxylation is 1. The van der Waals surface area contributed by atoms with Crippen LogP contribution in [0.3, 0.4) is 0 Å².